The lowest BCUT2D eigenvalue weighted by atomic mass is 10.1. The highest BCUT2D eigenvalue weighted by molar-refractivity contribution is 8.05. The lowest BCUT2D eigenvalue weighted by molar-refractivity contribution is 1.22. The van der Waals surface area contributed by atoms with Gasteiger partial charge < -0.3 is 0 Å². The molecule has 4 aromatic rings. The van der Waals surface area contributed by atoms with Crippen LogP contribution >= 0.6 is 58.2 Å². The van der Waals surface area contributed by atoms with E-state index in [-0.39, 0.29) is 0 Å². The van der Waals surface area contributed by atoms with E-state index in [0.29, 0.717) is 0 Å². The molecule has 0 heterocycles. The van der Waals surface area contributed by atoms with E-state index in [9.17, 15) is 0 Å². The maximum absolute atomic E-state index is 6.79. The van der Waals surface area contributed by atoms with Crippen LogP contribution in [0.4, 0.5) is 0 Å². The van der Waals surface area contributed by atoms with Crippen LogP contribution in [-0.2, 0) is 7.33 Å². The third kappa shape index (κ3) is 3.77. The molecule has 0 nitrogen and oxygen atoms in total. The highest BCUT2D eigenvalue weighted by atomic mass is 35.5. The van der Waals surface area contributed by atoms with Crippen molar-refractivity contribution in [1.29, 1.82) is 0 Å². The van der Waals surface area contributed by atoms with Gasteiger partial charge in [-0.15, -0.1) is 0 Å². The highest BCUT2D eigenvalue weighted by Crippen LogP contribution is 2.60. The summed E-state index contributed by atoms with van der Waals surface area (Å²) in [5, 5.41) is 4.06. The minimum absolute atomic E-state index is 0.764. The minimum Gasteiger partial charge on any atom is -0.0838 e. The zero-order valence-corrected chi connectivity index (χ0v) is 17.8. The van der Waals surface area contributed by atoms with Crippen molar-refractivity contribution in [3.05, 3.63) is 96.1 Å². The van der Waals surface area contributed by atoms with Crippen molar-refractivity contribution in [2.45, 2.75) is 7.33 Å². The summed E-state index contributed by atoms with van der Waals surface area (Å²) < 4.78 is -2.66. The maximum Gasteiger partial charge on any atom is 0.192 e. The van der Waals surface area contributed by atoms with E-state index in [0.717, 1.165) is 44.4 Å². The van der Waals surface area contributed by atoms with E-state index in [1.807, 2.05) is 84.9 Å². The number of alkyl halides is 4. The molecule has 0 amide bonds. The van der Waals surface area contributed by atoms with Crippen molar-refractivity contribution in [3.63, 3.8) is 0 Å². The number of hydrogen-bond donors (Lipinski definition) is 0. The molecule has 0 N–H and O–H groups in total. The molecule has 0 aliphatic rings. The van der Waals surface area contributed by atoms with Crippen LogP contribution in [0.2, 0.25) is 0 Å². The summed E-state index contributed by atoms with van der Waals surface area (Å²) in [4.78, 5) is 0. The summed E-state index contributed by atoms with van der Waals surface area (Å²) in [5.41, 5.74) is 1.53. The number of rotatable bonds is 4. The van der Waals surface area contributed by atoms with Gasteiger partial charge in [0, 0.05) is 11.1 Å². The largest absolute Gasteiger partial charge is 0.192 e. The maximum atomic E-state index is 6.79. The number of benzene rings is 4. The van der Waals surface area contributed by atoms with Crippen molar-refractivity contribution in [2.75, 3.05) is 0 Å². The molecule has 0 atom stereocenters. The minimum atomic E-state index is -1.33. The molecule has 4 rings (SSSR count). The standard InChI is InChI=1S/C22H14Cl4S/c23-21(24,19-13-5-9-15-7-1-3-11-17(15)19)27-22(25,26)20-14-6-10-16-8-2-4-12-18(16)20/h1-14H. The topological polar surface area (TPSA) is 0 Å². The van der Waals surface area contributed by atoms with Crippen LogP contribution in [-0.4, -0.2) is 0 Å². The summed E-state index contributed by atoms with van der Waals surface area (Å²) in [5.74, 6) is 0. The molecule has 0 saturated carbocycles. The van der Waals surface area contributed by atoms with Crippen LogP contribution in [0.1, 0.15) is 11.1 Å². The average molecular weight is 452 g/mol. The van der Waals surface area contributed by atoms with Gasteiger partial charge in [-0.3, -0.25) is 0 Å². The molecule has 0 radical (unpaired) electrons. The third-order valence-corrected chi connectivity index (χ3v) is 7.16. The Morgan fingerprint density at radius 2 is 0.852 bits per heavy atom. The first kappa shape index (κ1) is 19.2. The van der Waals surface area contributed by atoms with Crippen LogP contribution in [0.5, 0.6) is 0 Å². The number of thioether (sulfide) groups is 1. The molecule has 5 heteroatoms. The molecule has 0 fully saturated rings. The smallest absolute Gasteiger partial charge is 0.0838 e. The molecule has 0 aliphatic carbocycles. The fraction of sp³-hybridized carbons (Fsp3) is 0.0909. The molecule has 27 heavy (non-hydrogen) atoms. The van der Waals surface area contributed by atoms with Gasteiger partial charge in [0.1, 0.15) is 0 Å². The quantitative estimate of drug-likeness (QED) is 0.280. The van der Waals surface area contributed by atoms with E-state index in [4.69, 9.17) is 46.4 Å². The Morgan fingerprint density at radius 3 is 1.30 bits per heavy atom. The van der Waals surface area contributed by atoms with Gasteiger partial charge in [-0.2, -0.15) is 0 Å². The first-order valence-corrected chi connectivity index (χ1v) is 10.6. The average Bonchev–Trinajstić information content (AvgIpc) is 2.66. The summed E-state index contributed by atoms with van der Waals surface area (Å²) in [6, 6.07) is 27.6. The van der Waals surface area contributed by atoms with Crippen LogP contribution in [0, 0.1) is 0 Å². The van der Waals surface area contributed by atoms with Crippen molar-refractivity contribution >= 4 is 79.7 Å². The van der Waals surface area contributed by atoms with Crippen LogP contribution < -0.4 is 0 Å². The van der Waals surface area contributed by atoms with Gasteiger partial charge in [0.15, 0.2) is 7.33 Å². The monoisotopic (exact) mass is 450 g/mol. The number of fused-ring (bicyclic) bond motifs is 2. The molecule has 0 spiro atoms. The van der Waals surface area contributed by atoms with Crippen LogP contribution in [0.3, 0.4) is 0 Å². The van der Waals surface area contributed by atoms with Gasteiger partial charge in [-0.25, -0.2) is 0 Å². The van der Waals surface area contributed by atoms with Crippen LogP contribution in [0.15, 0.2) is 84.9 Å². The number of hydrogen-bond acceptors (Lipinski definition) is 1. The number of halogens is 4. The normalized spacial score (nSPS) is 12.6. The molecular weight excluding hydrogens is 438 g/mol. The van der Waals surface area contributed by atoms with Crippen molar-refractivity contribution in [2.24, 2.45) is 0 Å². The summed E-state index contributed by atoms with van der Waals surface area (Å²) in [6.45, 7) is 0. The Bertz CT molecular complexity index is 1020. The zero-order valence-electron chi connectivity index (χ0n) is 14.0. The molecule has 0 unspecified atom stereocenters. The second-order valence-electron chi connectivity index (χ2n) is 6.19. The van der Waals surface area contributed by atoms with Gasteiger partial charge in [-0.05, 0) is 21.5 Å². The summed E-state index contributed by atoms with van der Waals surface area (Å²) in [7, 11) is 0. The second kappa shape index (κ2) is 7.39. The summed E-state index contributed by atoms with van der Waals surface area (Å²) >= 11 is 28.2. The Kier molecular flexibility index (Phi) is 5.26. The second-order valence-corrected chi connectivity index (χ2v) is 11.2. The predicted octanol–water partition coefficient (Wildman–Crippen LogP) is 8.60. The van der Waals surface area contributed by atoms with Gasteiger partial charge in [-0.1, -0.05) is 143 Å². The van der Waals surface area contributed by atoms with Gasteiger partial charge in [0.2, 0.25) is 0 Å². The van der Waals surface area contributed by atoms with Crippen molar-refractivity contribution in [1.82, 2.24) is 0 Å². The lowest BCUT2D eigenvalue weighted by Crippen LogP contribution is -2.16. The van der Waals surface area contributed by atoms with Crippen LogP contribution in [0.25, 0.3) is 21.5 Å². The fourth-order valence-electron chi connectivity index (χ4n) is 3.23. The Labute approximate surface area is 182 Å². The summed E-state index contributed by atoms with van der Waals surface area (Å²) in [6.07, 6.45) is 0. The SMILES string of the molecule is ClC(Cl)(SC(Cl)(Cl)c1cccc2ccccc12)c1cccc2ccccc12. The van der Waals surface area contributed by atoms with Crippen molar-refractivity contribution < 1.29 is 0 Å². The molecule has 0 bridgehead atoms. The lowest BCUT2D eigenvalue weighted by Gasteiger charge is -2.29. The van der Waals surface area contributed by atoms with E-state index >= 15 is 0 Å². The molecule has 136 valence electrons. The predicted molar refractivity (Wildman–Crippen MR) is 122 cm³/mol. The molecule has 0 saturated heterocycles. The molecule has 0 aromatic heterocycles. The van der Waals surface area contributed by atoms with E-state index in [1.165, 1.54) is 0 Å². The highest BCUT2D eigenvalue weighted by Gasteiger charge is 2.41. The third-order valence-electron chi connectivity index (χ3n) is 4.46. The first-order chi connectivity index (χ1) is 12.9. The van der Waals surface area contributed by atoms with Gasteiger partial charge >= 0.3 is 0 Å². The Morgan fingerprint density at radius 1 is 0.481 bits per heavy atom. The molecular formula is C22H14Cl4S. The van der Waals surface area contributed by atoms with E-state index in [2.05, 4.69) is 0 Å². The zero-order chi connectivity index (χ0) is 19.1. The van der Waals surface area contributed by atoms with Gasteiger partial charge in [0.25, 0.3) is 0 Å². The van der Waals surface area contributed by atoms with E-state index in [1.54, 1.807) is 0 Å². The first-order valence-electron chi connectivity index (χ1n) is 8.31. The Balaban J connectivity index is 1.79. The van der Waals surface area contributed by atoms with E-state index < -0.39 is 7.33 Å². The van der Waals surface area contributed by atoms with Gasteiger partial charge in [0.05, 0.1) is 0 Å². The van der Waals surface area contributed by atoms with Crippen molar-refractivity contribution in [3.8, 4) is 0 Å². The molecule has 0 aliphatic heterocycles. The fourth-order valence-corrected chi connectivity index (χ4v) is 6.65. The molecule has 4 aromatic carbocycles. The Hall–Kier alpha value is -1.09.